The first-order chi connectivity index (χ1) is 11.5. The van der Waals surface area contributed by atoms with Crippen LogP contribution in [0.15, 0.2) is 28.3 Å². The maximum Gasteiger partial charge on any atom is 0.273 e. The monoisotopic (exact) mass is 363 g/mol. The van der Waals surface area contributed by atoms with Gasteiger partial charge in [0.2, 0.25) is 5.89 Å². The molecule has 0 amide bonds. The molecule has 0 aromatic carbocycles. The Morgan fingerprint density at radius 1 is 1.50 bits per heavy atom. The molecule has 3 heterocycles. The second-order valence-corrected chi connectivity index (χ2v) is 7.44. The molecule has 0 bridgehead atoms. The van der Waals surface area contributed by atoms with Crippen LogP contribution >= 0.6 is 23.6 Å². The van der Waals surface area contributed by atoms with E-state index in [1.165, 1.54) is 22.2 Å². The number of allylic oxidation sites excluding steroid dienone is 1. The molecule has 0 saturated heterocycles. The fourth-order valence-corrected chi connectivity index (χ4v) is 3.64. The summed E-state index contributed by atoms with van der Waals surface area (Å²) < 4.78 is 9.59. The Morgan fingerprint density at radius 2 is 2.29 bits per heavy atom. The van der Waals surface area contributed by atoms with Gasteiger partial charge >= 0.3 is 0 Å². The molecular formula is C15H17N5O2S2. The van der Waals surface area contributed by atoms with Gasteiger partial charge in [0.25, 0.3) is 5.56 Å². The van der Waals surface area contributed by atoms with Gasteiger partial charge in [-0.3, -0.25) is 9.36 Å². The van der Waals surface area contributed by atoms with Gasteiger partial charge in [-0.1, -0.05) is 36.4 Å². The average molecular weight is 363 g/mol. The third-order valence-electron chi connectivity index (χ3n) is 3.36. The summed E-state index contributed by atoms with van der Waals surface area (Å²) in [6, 6.07) is 0. The molecule has 0 spiro atoms. The molecule has 0 aliphatic carbocycles. The maximum absolute atomic E-state index is 12.6. The van der Waals surface area contributed by atoms with E-state index in [1.54, 1.807) is 10.6 Å². The zero-order chi connectivity index (χ0) is 17.3. The lowest BCUT2D eigenvalue weighted by Crippen LogP contribution is -2.21. The molecule has 3 aromatic rings. The van der Waals surface area contributed by atoms with E-state index >= 15 is 0 Å². The smallest absolute Gasteiger partial charge is 0.273 e. The highest BCUT2D eigenvalue weighted by molar-refractivity contribution is 7.73. The van der Waals surface area contributed by atoms with Crippen molar-refractivity contribution in [1.29, 1.82) is 0 Å². The zero-order valence-corrected chi connectivity index (χ0v) is 15.1. The van der Waals surface area contributed by atoms with Crippen LogP contribution in [-0.4, -0.2) is 24.3 Å². The Labute approximate surface area is 147 Å². The molecule has 7 nitrogen and oxygen atoms in total. The van der Waals surface area contributed by atoms with Crippen molar-refractivity contribution in [3.8, 4) is 0 Å². The summed E-state index contributed by atoms with van der Waals surface area (Å²) in [7, 11) is 0. The first-order valence-electron chi connectivity index (χ1n) is 7.50. The maximum atomic E-state index is 12.6. The molecule has 0 fully saturated rings. The van der Waals surface area contributed by atoms with Crippen molar-refractivity contribution in [1.82, 2.24) is 24.3 Å². The molecule has 0 saturated carbocycles. The molecule has 3 aromatic heterocycles. The standard InChI is InChI=1S/C15H17N5O2S2/c1-4-5-20-13-12(24-15(20)23)14(21)19(8-16-13)7-11-17-10(18-22-11)6-9(2)3/h4,8-9H,1,5-7H2,2-3H3. The van der Waals surface area contributed by atoms with Crippen LogP contribution in [-0.2, 0) is 19.5 Å². The van der Waals surface area contributed by atoms with Crippen LogP contribution in [0.3, 0.4) is 0 Å². The van der Waals surface area contributed by atoms with Gasteiger partial charge in [-0.25, -0.2) is 4.98 Å². The first-order valence-corrected chi connectivity index (χ1v) is 8.73. The summed E-state index contributed by atoms with van der Waals surface area (Å²) >= 11 is 6.55. The minimum Gasteiger partial charge on any atom is -0.337 e. The number of hydrogen-bond acceptors (Lipinski definition) is 7. The van der Waals surface area contributed by atoms with Gasteiger partial charge in [-0.05, 0) is 18.1 Å². The molecule has 0 N–H and O–H groups in total. The van der Waals surface area contributed by atoms with Crippen LogP contribution in [0.4, 0.5) is 0 Å². The van der Waals surface area contributed by atoms with Gasteiger partial charge in [0.15, 0.2) is 15.4 Å². The van der Waals surface area contributed by atoms with Crippen molar-refractivity contribution in [2.45, 2.75) is 33.4 Å². The second kappa shape index (κ2) is 6.78. The second-order valence-electron chi connectivity index (χ2n) is 5.80. The van der Waals surface area contributed by atoms with Crippen LogP contribution in [0.5, 0.6) is 0 Å². The highest BCUT2D eigenvalue weighted by Crippen LogP contribution is 2.18. The van der Waals surface area contributed by atoms with Gasteiger partial charge in [-0.2, -0.15) is 4.98 Å². The van der Waals surface area contributed by atoms with Crippen LogP contribution in [0.2, 0.25) is 0 Å². The molecular weight excluding hydrogens is 346 g/mol. The average Bonchev–Trinajstić information content (AvgIpc) is 3.08. The van der Waals surface area contributed by atoms with E-state index in [0.717, 1.165) is 6.42 Å². The number of fused-ring (bicyclic) bond motifs is 1. The fourth-order valence-electron chi connectivity index (χ4n) is 2.32. The third kappa shape index (κ3) is 3.22. The van der Waals surface area contributed by atoms with E-state index in [2.05, 4.69) is 35.6 Å². The van der Waals surface area contributed by atoms with E-state index in [1.807, 2.05) is 0 Å². The Hall–Kier alpha value is -2.13. The number of nitrogens with zero attached hydrogens (tertiary/aromatic N) is 5. The van der Waals surface area contributed by atoms with E-state index in [0.29, 0.717) is 38.5 Å². The van der Waals surface area contributed by atoms with Crippen molar-refractivity contribution in [3.63, 3.8) is 0 Å². The minimum atomic E-state index is -0.164. The van der Waals surface area contributed by atoms with Gasteiger partial charge in [-0.15, -0.1) is 6.58 Å². The molecule has 9 heteroatoms. The molecule has 126 valence electrons. The predicted octanol–water partition coefficient (Wildman–Crippen LogP) is 2.80. The molecule has 0 unspecified atom stereocenters. The molecule has 0 atom stereocenters. The highest BCUT2D eigenvalue weighted by atomic mass is 32.1. The van der Waals surface area contributed by atoms with Crippen LogP contribution < -0.4 is 5.56 Å². The number of rotatable bonds is 6. The Morgan fingerprint density at radius 3 is 3.00 bits per heavy atom. The van der Waals surface area contributed by atoms with Crippen LogP contribution in [0, 0.1) is 9.87 Å². The van der Waals surface area contributed by atoms with Crippen molar-refractivity contribution >= 4 is 33.9 Å². The topological polar surface area (TPSA) is 78.7 Å². The summed E-state index contributed by atoms with van der Waals surface area (Å²) in [4.78, 5) is 21.3. The highest BCUT2D eigenvalue weighted by Gasteiger charge is 2.14. The molecule has 0 radical (unpaired) electrons. The molecule has 3 rings (SSSR count). The summed E-state index contributed by atoms with van der Waals surface area (Å²) in [5, 5.41) is 3.94. The minimum absolute atomic E-state index is 0.164. The predicted molar refractivity (Wildman–Crippen MR) is 94.8 cm³/mol. The molecule has 0 aliphatic rings. The van der Waals surface area contributed by atoms with E-state index in [-0.39, 0.29) is 12.1 Å². The summed E-state index contributed by atoms with van der Waals surface area (Å²) in [6.07, 6.45) is 3.95. The Kier molecular flexibility index (Phi) is 4.72. The summed E-state index contributed by atoms with van der Waals surface area (Å²) in [5.41, 5.74) is 0.416. The lowest BCUT2D eigenvalue weighted by atomic mass is 10.1. The largest absolute Gasteiger partial charge is 0.337 e. The Balaban J connectivity index is 1.95. The zero-order valence-electron chi connectivity index (χ0n) is 13.4. The van der Waals surface area contributed by atoms with E-state index in [9.17, 15) is 4.79 Å². The number of hydrogen-bond donors (Lipinski definition) is 0. The summed E-state index contributed by atoms with van der Waals surface area (Å²) in [5.74, 6) is 1.48. The third-order valence-corrected chi connectivity index (χ3v) is 4.79. The lowest BCUT2D eigenvalue weighted by Gasteiger charge is -2.03. The number of aromatic nitrogens is 5. The van der Waals surface area contributed by atoms with Crippen molar-refractivity contribution in [3.05, 3.63) is 45.0 Å². The normalized spacial score (nSPS) is 11.5. The summed E-state index contributed by atoms with van der Waals surface area (Å²) in [6.45, 7) is 8.59. The molecule has 24 heavy (non-hydrogen) atoms. The van der Waals surface area contributed by atoms with Crippen molar-refractivity contribution in [2.75, 3.05) is 0 Å². The first kappa shape index (κ1) is 16.7. The van der Waals surface area contributed by atoms with E-state index in [4.69, 9.17) is 16.7 Å². The Bertz CT molecular complexity index is 995. The van der Waals surface area contributed by atoms with Crippen molar-refractivity contribution < 1.29 is 4.52 Å². The SMILES string of the molecule is C=CCn1c(=S)sc2c(=O)n(Cc3nc(CC(C)C)no3)cnc21. The lowest BCUT2D eigenvalue weighted by molar-refractivity contribution is 0.362. The quantitative estimate of drug-likeness (QED) is 0.495. The molecule has 0 aliphatic heterocycles. The van der Waals surface area contributed by atoms with Gasteiger partial charge in [0, 0.05) is 13.0 Å². The van der Waals surface area contributed by atoms with Gasteiger partial charge in [0.05, 0.1) is 0 Å². The van der Waals surface area contributed by atoms with E-state index < -0.39 is 0 Å². The fraction of sp³-hybridized carbons (Fsp3) is 0.400. The van der Waals surface area contributed by atoms with Gasteiger partial charge < -0.3 is 9.09 Å². The van der Waals surface area contributed by atoms with Crippen LogP contribution in [0.1, 0.15) is 25.6 Å². The van der Waals surface area contributed by atoms with Crippen LogP contribution in [0.25, 0.3) is 10.3 Å². The van der Waals surface area contributed by atoms with Gasteiger partial charge in [0.1, 0.15) is 17.6 Å². The number of thiazole rings is 1. The van der Waals surface area contributed by atoms with Crippen molar-refractivity contribution in [2.24, 2.45) is 5.92 Å².